The molecule has 1 atom stereocenters. The van der Waals surface area contributed by atoms with Crippen molar-refractivity contribution in [1.82, 2.24) is 10.6 Å². The molecule has 1 aromatic rings. The summed E-state index contributed by atoms with van der Waals surface area (Å²) in [6, 6.07) is 9.24. The fraction of sp³-hybridized carbons (Fsp3) is 0.500. The van der Waals surface area contributed by atoms with Crippen molar-refractivity contribution in [2.75, 3.05) is 26.8 Å². The molecule has 2 amide bonds. The lowest BCUT2D eigenvalue weighted by atomic mass is 9.88. The number of aliphatic hydroxyl groups is 1. The van der Waals surface area contributed by atoms with Gasteiger partial charge in [0.25, 0.3) is 0 Å². The van der Waals surface area contributed by atoms with Crippen LogP contribution in [0.1, 0.15) is 18.4 Å². The number of hydrogen-bond acceptors (Lipinski definition) is 4. The van der Waals surface area contributed by atoms with Gasteiger partial charge < -0.3 is 20.5 Å². The number of hydrogen-bond donors (Lipinski definition) is 3. The molecule has 2 rings (SSSR count). The molecule has 1 saturated carbocycles. The molecule has 1 aromatic carbocycles. The smallest absolute Gasteiger partial charge is 0.309 e. The summed E-state index contributed by atoms with van der Waals surface area (Å²) < 4.78 is 4.80. The van der Waals surface area contributed by atoms with Crippen LogP contribution in [0.25, 0.3) is 0 Å². The summed E-state index contributed by atoms with van der Waals surface area (Å²) >= 11 is 0. The lowest BCUT2D eigenvalue weighted by Gasteiger charge is -2.29. The topological polar surface area (TPSA) is 87.7 Å². The van der Waals surface area contributed by atoms with E-state index in [1.165, 1.54) is 7.11 Å². The van der Waals surface area contributed by atoms with E-state index in [4.69, 9.17) is 4.74 Å². The van der Waals surface area contributed by atoms with Gasteiger partial charge in [0, 0.05) is 13.7 Å². The van der Waals surface area contributed by atoms with Gasteiger partial charge in [-0.15, -0.1) is 0 Å². The predicted octanol–water partition coefficient (Wildman–Crippen LogP) is 0.163. The average Bonchev–Trinajstić information content (AvgIpc) is 3.38. The van der Waals surface area contributed by atoms with Crippen LogP contribution in [-0.2, 0) is 19.9 Å². The van der Waals surface area contributed by atoms with Crippen molar-refractivity contribution in [1.29, 1.82) is 0 Å². The third kappa shape index (κ3) is 4.05. The molecule has 0 saturated heterocycles. The van der Waals surface area contributed by atoms with Gasteiger partial charge in [-0.1, -0.05) is 30.3 Å². The van der Waals surface area contributed by atoms with Gasteiger partial charge in [0.15, 0.2) is 0 Å². The second kappa shape index (κ2) is 7.38. The molecule has 0 aromatic heterocycles. The fourth-order valence-corrected chi connectivity index (χ4v) is 2.41. The van der Waals surface area contributed by atoms with Crippen LogP contribution in [0.3, 0.4) is 0 Å². The third-order valence-electron chi connectivity index (χ3n) is 3.84. The second-order valence-electron chi connectivity index (χ2n) is 5.50. The highest BCUT2D eigenvalue weighted by molar-refractivity contribution is 6.35. The Morgan fingerprint density at radius 3 is 2.45 bits per heavy atom. The van der Waals surface area contributed by atoms with Crippen LogP contribution in [-0.4, -0.2) is 43.7 Å². The van der Waals surface area contributed by atoms with Crippen LogP contribution in [0, 0.1) is 5.92 Å². The van der Waals surface area contributed by atoms with E-state index in [1.807, 2.05) is 30.3 Å². The highest BCUT2D eigenvalue weighted by Crippen LogP contribution is 2.45. The van der Waals surface area contributed by atoms with Crippen LogP contribution >= 0.6 is 0 Å². The van der Waals surface area contributed by atoms with Gasteiger partial charge in [-0.3, -0.25) is 9.59 Å². The Kier molecular flexibility index (Phi) is 5.51. The molecule has 1 fully saturated rings. The molecule has 1 unspecified atom stereocenters. The first-order valence-corrected chi connectivity index (χ1v) is 7.41. The van der Waals surface area contributed by atoms with Crippen molar-refractivity contribution in [2.24, 2.45) is 5.92 Å². The van der Waals surface area contributed by atoms with Crippen molar-refractivity contribution >= 4 is 11.8 Å². The van der Waals surface area contributed by atoms with E-state index in [0.717, 1.165) is 18.4 Å². The van der Waals surface area contributed by atoms with Gasteiger partial charge in [0.2, 0.25) is 0 Å². The van der Waals surface area contributed by atoms with Gasteiger partial charge in [-0.25, -0.2) is 0 Å². The van der Waals surface area contributed by atoms with E-state index in [2.05, 4.69) is 10.6 Å². The lowest BCUT2D eigenvalue weighted by molar-refractivity contribution is -0.140. The van der Waals surface area contributed by atoms with E-state index < -0.39 is 17.4 Å². The molecule has 6 nitrogen and oxygen atoms in total. The molecular weight excluding hydrogens is 284 g/mol. The normalized spacial score (nSPS) is 16.6. The Balaban J connectivity index is 1.92. The Morgan fingerprint density at radius 1 is 1.23 bits per heavy atom. The quantitative estimate of drug-likeness (QED) is 0.495. The largest absolute Gasteiger partial charge is 0.383 e. The highest BCUT2D eigenvalue weighted by Gasteiger charge is 2.45. The number of carbonyl (C=O) groups excluding carboxylic acids is 2. The zero-order chi connectivity index (χ0) is 16.0. The molecule has 6 heteroatoms. The summed E-state index contributed by atoms with van der Waals surface area (Å²) in [6.45, 7) is 0.640. The zero-order valence-electron chi connectivity index (χ0n) is 12.7. The maximum Gasteiger partial charge on any atom is 0.309 e. The Labute approximate surface area is 129 Å². The molecule has 120 valence electrons. The van der Waals surface area contributed by atoms with E-state index in [-0.39, 0.29) is 19.0 Å². The van der Waals surface area contributed by atoms with Gasteiger partial charge in [0.1, 0.15) is 5.60 Å². The molecule has 22 heavy (non-hydrogen) atoms. The molecule has 0 aliphatic heterocycles. The molecule has 0 spiro atoms. The second-order valence-corrected chi connectivity index (χ2v) is 5.50. The minimum Gasteiger partial charge on any atom is -0.383 e. The summed E-state index contributed by atoms with van der Waals surface area (Å²) in [5, 5.41) is 15.9. The summed E-state index contributed by atoms with van der Waals surface area (Å²) in [4.78, 5) is 23.4. The molecule has 0 heterocycles. The van der Waals surface area contributed by atoms with Gasteiger partial charge in [0.05, 0.1) is 13.2 Å². The maximum atomic E-state index is 11.8. The third-order valence-corrected chi connectivity index (χ3v) is 3.84. The molecule has 1 aliphatic rings. The molecule has 0 bridgehead atoms. The minimum absolute atomic E-state index is 0.0260. The molecule has 1 aliphatic carbocycles. The minimum atomic E-state index is -1.12. The molecule has 3 N–H and O–H groups in total. The monoisotopic (exact) mass is 306 g/mol. The Bertz CT molecular complexity index is 516. The standard InChI is InChI=1S/C16H22N2O4/c1-22-10-9-17-14(19)15(20)18-11-16(21,13-7-8-13)12-5-3-2-4-6-12/h2-6,13,21H,7-11H2,1H3,(H,17,19)(H,18,20). The van der Waals surface area contributed by atoms with E-state index >= 15 is 0 Å². The summed E-state index contributed by atoms with van der Waals surface area (Å²) in [6.07, 6.45) is 1.84. The van der Waals surface area contributed by atoms with E-state index in [0.29, 0.717) is 6.61 Å². The van der Waals surface area contributed by atoms with Gasteiger partial charge >= 0.3 is 11.8 Å². The molecular formula is C16H22N2O4. The Hall–Kier alpha value is -1.92. The number of methoxy groups -OCH3 is 1. The predicted molar refractivity (Wildman–Crippen MR) is 81.0 cm³/mol. The van der Waals surface area contributed by atoms with Crippen molar-refractivity contribution in [3.63, 3.8) is 0 Å². The van der Waals surface area contributed by atoms with Gasteiger partial charge in [-0.05, 0) is 24.3 Å². The summed E-state index contributed by atoms with van der Waals surface area (Å²) in [5.74, 6) is -1.35. The summed E-state index contributed by atoms with van der Waals surface area (Å²) in [7, 11) is 1.52. The maximum absolute atomic E-state index is 11.8. The van der Waals surface area contributed by atoms with Crippen LogP contribution in [0.5, 0.6) is 0 Å². The fourth-order valence-electron chi connectivity index (χ4n) is 2.41. The van der Waals surface area contributed by atoms with Crippen LogP contribution < -0.4 is 10.6 Å². The van der Waals surface area contributed by atoms with Crippen LogP contribution in [0.4, 0.5) is 0 Å². The number of amides is 2. The number of carbonyl (C=O) groups is 2. The number of rotatable bonds is 7. The highest BCUT2D eigenvalue weighted by atomic mass is 16.5. The van der Waals surface area contributed by atoms with Gasteiger partial charge in [-0.2, -0.15) is 0 Å². The lowest BCUT2D eigenvalue weighted by Crippen LogP contribution is -2.47. The molecule has 0 radical (unpaired) electrons. The number of benzene rings is 1. The van der Waals surface area contributed by atoms with Crippen LogP contribution in [0.2, 0.25) is 0 Å². The first-order valence-electron chi connectivity index (χ1n) is 7.41. The van der Waals surface area contributed by atoms with Crippen molar-refractivity contribution in [3.05, 3.63) is 35.9 Å². The SMILES string of the molecule is COCCNC(=O)C(=O)NCC(O)(c1ccccc1)C1CC1. The first kappa shape index (κ1) is 16.5. The number of nitrogens with one attached hydrogen (secondary N) is 2. The first-order chi connectivity index (χ1) is 10.6. The average molecular weight is 306 g/mol. The van der Waals surface area contributed by atoms with Crippen molar-refractivity contribution in [2.45, 2.75) is 18.4 Å². The number of ether oxygens (including phenoxy) is 1. The zero-order valence-corrected chi connectivity index (χ0v) is 12.7. The Morgan fingerprint density at radius 2 is 1.86 bits per heavy atom. The van der Waals surface area contributed by atoms with Crippen molar-refractivity contribution in [3.8, 4) is 0 Å². The summed E-state index contributed by atoms with van der Waals surface area (Å²) in [5.41, 5.74) is -0.360. The van der Waals surface area contributed by atoms with E-state index in [1.54, 1.807) is 0 Å². The van der Waals surface area contributed by atoms with Crippen LogP contribution in [0.15, 0.2) is 30.3 Å². The van der Waals surface area contributed by atoms with Crippen molar-refractivity contribution < 1.29 is 19.4 Å². The van der Waals surface area contributed by atoms with E-state index in [9.17, 15) is 14.7 Å².